The van der Waals surface area contributed by atoms with Crippen LogP contribution in [0, 0.1) is 11.3 Å². The maximum Gasteiger partial charge on any atom is 0.270 e. The Labute approximate surface area is 115 Å². The van der Waals surface area contributed by atoms with Crippen molar-refractivity contribution in [1.29, 1.82) is 5.26 Å². The van der Waals surface area contributed by atoms with Crippen molar-refractivity contribution < 1.29 is 9.53 Å². The van der Waals surface area contributed by atoms with Gasteiger partial charge in [-0.05, 0) is 18.2 Å². The Bertz CT molecular complexity index is 689. The van der Waals surface area contributed by atoms with E-state index in [-0.39, 0.29) is 17.6 Å². The first kappa shape index (κ1) is 12.2. The predicted octanol–water partition coefficient (Wildman–Crippen LogP) is 1.82. The lowest BCUT2D eigenvalue weighted by molar-refractivity contribution is 0.0925. The first-order chi connectivity index (χ1) is 9.78. The molecule has 3 rings (SSSR count). The highest BCUT2D eigenvalue weighted by molar-refractivity contribution is 5.92. The zero-order chi connectivity index (χ0) is 13.9. The van der Waals surface area contributed by atoms with Gasteiger partial charge >= 0.3 is 0 Å². The molecule has 0 saturated carbocycles. The number of pyridine rings is 1. The summed E-state index contributed by atoms with van der Waals surface area (Å²) in [6, 6.07) is 12.5. The van der Waals surface area contributed by atoms with E-state index >= 15 is 0 Å². The molecule has 1 N–H and O–H groups in total. The van der Waals surface area contributed by atoms with Crippen LogP contribution < -0.4 is 10.1 Å². The third-order valence-electron chi connectivity index (χ3n) is 3.13. The topological polar surface area (TPSA) is 75.0 Å². The van der Waals surface area contributed by atoms with Crippen molar-refractivity contribution in [2.45, 2.75) is 6.04 Å². The van der Waals surface area contributed by atoms with E-state index in [0.29, 0.717) is 12.2 Å². The molecule has 5 heteroatoms. The highest BCUT2D eigenvalue weighted by atomic mass is 16.5. The first-order valence-corrected chi connectivity index (χ1v) is 6.16. The lowest BCUT2D eigenvalue weighted by Gasteiger charge is -2.11. The van der Waals surface area contributed by atoms with Crippen LogP contribution in [0.5, 0.6) is 5.75 Å². The summed E-state index contributed by atoms with van der Waals surface area (Å²) in [6.45, 7) is 0.418. The van der Waals surface area contributed by atoms with Crippen molar-refractivity contribution in [2.75, 3.05) is 6.61 Å². The number of hydrogen-bond acceptors (Lipinski definition) is 4. The summed E-state index contributed by atoms with van der Waals surface area (Å²) < 4.78 is 5.51. The standard InChI is InChI=1S/C15H11N3O2/c16-7-10-5-6-12(17-8-10)15(19)18-13-9-20-14-4-2-1-3-11(13)14/h1-6,8,13H,9H2,(H,18,19). The Morgan fingerprint density at radius 2 is 2.20 bits per heavy atom. The first-order valence-electron chi connectivity index (χ1n) is 6.16. The van der Waals surface area contributed by atoms with Crippen molar-refractivity contribution in [3.63, 3.8) is 0 Å². The number of amides is 1. The monoisotopic (exact) mass is 265 g/mol. The van der Waals surface area contributed by atoms with E-state index < -0.39 is 0 Å². The largest absolute Gasteiger partial charge is 0.491 e. The van der Waals surface area contributed by atoms with E-state index in [0.717, 1.165) is 11.3 Å². The van der Waals surface area contributed by atoms with Crippen LogP contribution in [0.3, 0.4) is 0 Å². The number of nitrogens with one attached hydrogen (secondary N) is 1. The zero-order valence-corrected chi connectivity index (χ0v) is 10.5. The number of carbonyl (C=O) groups excluding carboxylic acids is 1. The lowest BCUT2D eigenvalue weighted by atomic mass is 10.1. The fourth-order valence-corrected chi connectivity index (χ4v) is 2.11. The normalized spacial score (nSPS) is 15.8. The van der Waals surface area contributed by atoms with Crippen LogP contribution in [-0.4, -0.2) is 17.5 Å². The number of nitriles is 1. The van der Waals surface area contributed by atoms with Crippen LogP contribution in [0.4, 0.5) is 0 Å². The van der Waals surface area contributed by atoms with Gasteiger partial charge in [-0.2, -0.15) is 5.26 Å². The molecule has 0 bridgehead atoms. The summed E-state index contributed by atoms with van der Waals surface area (Å²) >= 11 is 0. The number of aromatic nitrogens is 1. The zero-order valence-electron chi connectivity index (χ0n) is 10.5. The fraction of sp³-hybridized carbons (Fsp3) is 0.133. The second kappa shape index (κ2) is 5.02. The molecule has 0 spiro atoms. The molecular formula is C15H11N3O2. The highest BCUT2D eigenvalue weighted by Gasteiger charge is 2.25. The molecule has 1 amide bonds. The molecular weight excluding hydrogens is 254 g/mol. The molecule has 1 unspecified atom stereocenters. The summed E-state index contributed by atoms with van der Waals surface area (Å²) in [5.74, 6) is 0.519. The Morgan fingerprint density at radius 1 is 1.35 bits per heavy atom. The summed E-state index contributed by atoms with van der Waals surface area (Å²) in [5, 5.41) is 11.6. The second-order valence-corrected chi connectivity index (χ2v) is 4.42. The van der Waals surface area contributed by atoms with Crippen molar-refractivity contribution in [2.24, 2.45) is 0 Å². The Hall–Kier alpha value is -2.87. The van der Waals surface area contributed by atoms with Gasteiger partial charge in [0.1, 0.15) is 24.1 Å². The second-order valence-electron chi connectivity index (χ2n) is 4.42. The van der Waals surface area contributed by atoms with Crippen molar-refractivity contribution in [3.8, 4) is 11.8 Å². The third kappa shape index (κ3) is 2.19. The van der Waals surface area contributed by atoms with Gasteiger partial charge in [-0.25, -0.2) is 4.98 Å². The molecule has 0 fully saturated rings. The molecule has 1 atom stereocenters. The van der Waals surface area contributed by atoms with Crippen LogP contribution in [0.15, 0.2) is 42.6 Å². The SMILES string of the molecule is N#Cc1ccc(C(=O)NC2COc3ccccc32)nc1. The molecule has 2 aromatic rings. The number of nitrogens with zero attached hydrogens (tertiary/aromatic N) is 2. The number of hydrogen-bond donors (Lipinski definition) is 1. The minimum absolute atomic E-state index is 0.170. The van der Waals surface area contributed by atoms with Gasteiger partial charge in [0.15, 0.2) is 0 Å². The number of benzene rings is 1. The van der Waals surface area contributed by atoms with Gasteiger partial charge in [-0.3, -0.25) is 4.79 Å². The quantitative estimate of drug-likeness (QED) is 0.898. The number of para-hydroxylation sites is 1. The molecule has 1 aliphatic heterocycles. The van der Waals surface area contributed by atoms with Crippen LogP contribution in [-0.2, 0) is 0 Å². The van der Waals surface area contributed by atoms with E-state index in [2.05, 4.69) is 10.3 Å². The summed E-state index contributed by atoms with van der Waals surface area (Å²) in [5.41, 5.74) is 1.68. The van der Waals surface area contributed by atoms with E-state index in [1.165, 1.54) is 12.3 Å². The minimum Gasteiger partial charge on any atom is -0.491 e. The van der Waals surface area contributed by atoms with E-state index in [4.69, 9.17) is 10.00 Å². The summed E-state index contributed by atoms with van der Waals surface area (Å²) in [6.07, 6.45) is 1.38. The molecule has 1 aromatic carbocycles. The van der Waals surface area contributed by atoms with Crippen molar-refractivity contribution in [3.05, 3.63) is 59.4 Å². The van der Waals surface area contributed by atoms with Crippen LogP contribution >= 0.6 is 0 Å². The van der Waals surface area contributed by atoms with Gasteiger partial charge < -0.3 is 10.1 Å². The summed E-state index contributed by atoms with van der Waals surface area (Å²) in [4.78, 5) is 16.1. The molecule has 0 radical (unpaired) electrons. The average molecular weight is 265 g/mol. The molecule has 1 aliphatic rings. The van der Waals surface area contributed by atoms with E-state index in [1.54, 1.807) is 6.07 Å². The smallest absolute Gasteiger partial charge is 0.270 e. The molecule has 20 heavy (non-hydrogen) atoms. The van der Waals surface area contributed by atoms with E-state index in [9.17, 15) is 4.79 Å². The number of rotatable bonds is 2. The van der Waals surface area contributed by atoms with Gasteiger partial charge in [0.05, 0.1) is 11.6 Å². The van der Waals surface area contributed by atoms with Crippen molar-refractivity contribution >= 4 is 5.91 Å². The number of fused-ring (bicyclic) bond motifs is 1. The van der Waals surface area contributed by atoms with Gasteiger partial charge in [0, 0.05) is 11.8 Å². The molecule has 0 aliphatic carbocycles. The number of ether oxygens (including phenoxy) is 1. The maximum absolute atomic E-state index is 12.1. The Kier molecular flexibility index (Phi) is 3.05. The van der Waals surface area contributed by atoms with Crippen LogP contribution in [0.2, 0.25) is 0 Å². The Morgan fingerprint density at radius 3 is 2.95 bits per heavy atom. The molecule has 0 saturated heterocycles. The molecule has 2 heterocycles. The van der Waals surface area contributed by atoms with Gasteiger partial charge in [0.25, 0.3) is 5.91 Å². The number of carbonyl (C=O) groups is 1. The minimum atomic E-state index is -0.278. The Balaban J connectivity index is 1.75. The average Bonchev–Trinajstić information content (AvgIpc) is 2.91. The van der Waals surface area contributed by atoms with Gasteiger partial charge in [-0.1, -0.05) is 18.2 Å². The highest BCUT2D eigenvalue weighted by Crippen LogP contribution is 2.31. The van der Waals surface area contributed by atoms with Crippen molar-refractivity contribution in [1.82, 2.24) is 10.3 Å². The molecule has 5 nitrogen and oxygen atoms in total. The van der Waals surface area contributed by atoms with Crippen LogP contribution in [0.25, 0.3) is 0 Å². The summed E-state index contributed by atoms with van der Waals surface area (Å²) in [7, 11) is 0. The van der Waals surface area contributed by atoms with Crippen LogP contribution in [0.1, 0.15) is 27.7 Å². The third-order valence-corrected chi connectivity index (χ3v) is 3.13. The van der Waals surface area contributed by atoms with Gasteiger partial charge in [0.2, 0.25) is 0 Å². The van der Waals surface area contributed by atoms with Gasteiger partial charge in [-0.15, -0.1) is 0 Å². The molecule has 1 aromatic heterocycles. The fourth-order valence-electron chi connectivity index (χ4n) is 2.11. The van der Waals surface area contributed by atoms with E-state index in [1.807, 2.05) is 30.3 Å². The molecule has 98 valence electrons. The predicted molar refractivity (Wildman–Crippen MR) is 71.1 cm³/mol. The lowest BCUT2D eigenvalue weighted by Crippen LogP contribution is -2.30. The maximum atomic E-state index is 12.1.